The normalized spacial score (nSPS) is 23.3. The minimum Gasteiger partial charge on any atom is -0.397 e. The van der Waals surface area contributed by atoms with E-state index in [0.717, 1.165) is 18.7 Å². The molecule has 0 bridgehead atoms. The third kappa shape index (κ3) is 3.30. The highest BCUT2D eigenvalue weighted by Gasteiger charge is 2.27. The zero-order chi connectivity index (χ0) is 15.6. The standard InChI is InChI=1S/C14H23N3O3S/c1-10-6-7-17(9-14(10)20-3)13-8-11(4-5-12(13)15)21(18,19)16-2/h4-5,8,10,14,16H,6-7,9,15H2,1-3H3. The van der Waals surface area contributed by atoms with Crippen LogP contribution in [-0.4, -0.2) is 41.8 Å². The van der Waals surface area contributed by atoms with E-state index in [1.807, 2.05) is 0 Å². The van der Waals surface area contributed by atoms with Gasteiger partial charge < -0.3 is 15.4 Å². The van der Waals surface area contributed by atoms with Crippen LogP contribution < -0.4 is 15.4 Å². The lowest BCUT2D eigenvalue weighted by Crippen LogP contribution is -2.44. The van der Waals surface area contributed by atoms with Gasteiger partial charge in [0.25, 0.3) is 0 Å². The zero-order valence-electron chi connectivity index (χ0n) is 12.7. The summed E-state index contributed by atoms with van der Waals surface area (Å²) >= 11 is 0. The van der Waals surface area contributed by atoms with Gasteiger partial charge in [0, 0.05) is 20.2 Å². The molecule has 3 N–H and O–H groups in total. The predicted molar refractivity (Wildman–Crippen MR) is 83.9 cm³/mol. The second-order valence-corrected chi connectivity index (χ2v) is 7.30. The SMILES string of the molecule is CNS(=O)(=O)c1ccc(N)c(N2CCC(C)C(OC)C2)c1. The van der Waals surface area contributed by atoms with E-state index in [1.54, 1.807) is 19.2 Å². The number of piperidine rings is 1. The first-order chi connectivity index (χ1) is 9.89. The van der Waals surface area contributed by atoms with Crippen LogP contribution in [0.5, 0.6) is 0 Å². The Kier molecular flexibility index (Phi) is 4.75. The van der Waals surface area contributed by atoms with Crippen molar-refractivity contribution in [1.82, 2.24) is 4.72 Å². The van der Waals surface area contributed by atoms with Crippen molar-refractivity contribution < 1.29 is 13.2 Å². The molecule has 1 saturated heterocycles. The van der Waals surface area contributed by atoms with Crippen molar-refractivity contribution >= 4 is 21.4 Å². The Morgan fingerprint density at radius 1 is 1.43 bits per heavy atom. The summed E-state index contributed by atoms with van der Waals surface area (Å²) in [5.41, 5.74) is 7.36. The minimum absolute atomic E-state index is 0.128. The maximum absolute atomic E-state index is 11.9. The number of nitrogens with two attached hydrogens (primary N) is 1. The lowest BCUT2D eigenvalue weighted by Gasteiger charge is -2.38. The van der Waals surface area contributed by atoms with Crippen molar-refractivity contribution in [1.29, 1.82) is 0 Å². The molecular formula is C14H23N3O3S. The van der Waals surface area contributed by atoms with Crippen molar-refractivity contribution in [3.05, 3.63) is 18.2 Å². The predicted octanol–water partition coefficient (Wildman–Crippen LogP) is 1.04. The van der Waals surface area contributed by atoms with Gasteiger partial charge in [-0.15, -0.1) is 0 Å². The molecule has 6 nitrogen and oxygen atoms in total. The second-order valence-electron chi connectivity index (χ2n) is 5.41. The molecule has 1 aliphatic heterocycles. The van der Waals surface area contributed by atoms with Crippen molar-refractivity contribution in [2.45, 2.75) is 24.3 Å². The van der Waals surface area contributed by atoms with Gasteiger partial charge in [-0.3, -0.25) is 0 Å². The van der Waals surface area contributed by atoms with E-state index in [4.69, 9.17) is 10.5 Å². The zero-order valence-corrected chi connectivity index (χ0v) is 13.5. The van der Waals surface area contributed by atoms with Crippen molar-refractivity contribution in [2.24, 2.45) is 5.92 Å². The number of hydrogen-bond donors (Lipinski definition) is 2. The van der Waals surface area contributed by atoms with Crippen LogP contribution in [0.25, 0.3) is 0 Å². The lowest BCUT2D eigenvalue weighted by atomic mass is 9.95. The number of anilines is 2. The first-order valence-electron chi connectivity index (χ1n) is 7.00. The molecule has 1 aliphatic rings. The molecular weight excluding hydrogens is 290 g/mol. The van der Waals surface area contributed by atoms with Crippen LogP contribution >= 0.6 is 0 Å². The molecule has 1 aromatic rings. The Labute approximate surface area is 126 Å². The van der Waals surface area contributed by atoms with Gasteiger partial charge in [-0.25, -0.2) is 13.1 Å². The number of ether oxygens (including phenoxy) is 1. The smallest absolute Gasteiger partial charge is 0.240 e. The number of nitrogens with zero attached hydrogens (tertiary/aromatic N) is 1. The number of methoxy groups -OCH3 is 1. The van der Waals surface area contributed by atoms with Crippen LogP contribution in [0.4, 0.5) is 11.4 Å². The largest absolute Gasteiger partial charge is 0.397 e. The van der Waals surface area contributed by atoms with Crippen LogP contribution in [0.1, 0.15) is 13.3 Å². The van der Waals surface area contributed by atoms with Crippen LogP contribution in [0.15, 0.2) is 23.1 Å². The number of nitrogens with one attached hydrogen (secondary N) is 1. The molecule has 2 rings (SSSR count). The van der Waals surface area contributed by atoms with Gasteiger partial charge in [0.05, 0.1) is 22.4 Å². The van der Waals surface area contributed by atoms with Gasteiger partial charge in [-0.2, -0.15) is 0 Å². The summed E-state index contributed by atoms with van der Waals surface area (Å²) in [4.78, 5) is 2.32. The van der Waals surface area contributed by atoms with E-state index in [9.17, 15) is 8.42 Å². The molecule has 2 atom stereocenters. The number of rotatable bonds is 4. The topological polar surface area (TPSA) is 84.7 Å². The molecule has 1 heterocycles. The fraction of sp³-hybridized carbons (Fsp3) is 0.571. The maximum Gasteiger partial charge on any atom is 0.240 e. The Morgan fingerprint density at radius 3 is 2.76 bits per heavy atom. The van der Waals surface area contributed by atoms with Gasteiger partial charge in [-0.1, -0.05) is 6.92 Å². The quantitative estimate of drug-likeness (QED) is 0.811. The first-order valence-corrected chi connectivity index (χ1v) is 8.48. The summed E-state index contributed by atoms with van der Waals surface area (Å²) in [6.07, 6.45) is 1.11. The second kappa shape index (κ2) is 6.21. The van der Waals surface area contributed by atoms with E-state index in [1.165, 1.54) is 13.1 Å². The fourth-order valence-electron chi connectivity index (χ4n) is 2.64. The molecule has 1 aromatic carbocycles. The van der Waals surface area contributed by atoms with E-state index >= 15 is 0 Å². The van der Waals surface area contributed by atoms with Crippen LogP contribution in [-0.2, 0) is 14.8 Å². The summed E-state index contributed by atoms with van der Waals surface area (Å²) in [5.74, 6) is 0.483. The Bertz CT molecular complexity index is 603. The van der Waals surface area contributed by atoms with Crippen LogP contribution in [0, 0.1) is 5.92 Å². The van der Waals surface area contributed by atoms with E-state index in [2.05, 4.69) is 16.5 Å². The Balaban J connectivity index is 2.33. The number of benzene rings is 1. The summed E-state index contributed by atoms with van der Waals surface area (Å²) in [6.45, 7) is 3.72. The molecule has 2 unspecified atom stereocenters. The summed E-state index contributed by atoms with van der Waals surface area (Å²) < 4.78 is 31.7. The van der Waals surface area contributed by atoms with E-state index in [-0.39, 0.29) is 11.0 Å². The van der Waals surface area contributed by atoms with Crippen molar-refractivity contribution in [3.63, 3.8) is 0 Å². The van der Waals surface area contributed by atoms with E-state index < -0.39 is 10.0 Å². The Hall–Kier alpha value is -1.31. The average Bonchev–Trinajstić information content (AvgIpc) is 2.48. The Morgan fingerprint density at radius 2 is 2.14 bits per heavy atom. The van der Waals surface area contributed by atoms with Crippen LogP contribution in [0.3, 0.4) is 0 Å². The minimum atomic E-state index is -3.47. The van der Waals surface area contributed by atoms with Gasteiger partial charge in [-0.05, 0) is 37.6 Å². The summed E-state index contributed by atoms with van der Waals surface area (Å²) in [7, 11) is -0.367. The number of sulfonamides is 1. The van der Waals surface area contributed by atoms with Gasteiger partial charge in [0.2, 0.25) is 10.0 Å². The molecule has 7 heteroatoms. The van der Waals surface area contributed by atoms with E-state index in [0.29, 0.717) is 18.2 Å². The molecule has 0 saturated carbocycles. The van der Waals surface area contributed by atoms with Gasteiger partial charge >= 0.3 is 0 Å². The maximum atomic E-state index is 11.9. The molecule has 0 aromatic heterocycles. The van der Waals surface area contributed by atoms with Crippen molar-refractivity contribution in [2.75, 3.05) is 37.9 Å². The highest BCUT2D eigenvalue weighted by molar-refractivity contribution is 7.89. The molecule has 0 radical (unpaired) electrons. The summed E-state index contributed by atoms with van der Waals surface area (Å²) in [6, 6.07) is 4.79. The third-order valence-corrected chi connectivity index (χ3v) is 5.53. The average molecular weight is 313 g/mol. The molecule has 0 aliphatic carbocycles. The van der Waals surface area contributed by atoms with Gasteiger partial charge in [0.1, 0.15) is 0 Å². The molecule has 1 fully saturated rings. The van der Waals surface area contributed by atoms with Crippen LogP contribution in [0.2, 0.25) is 0 Å². The fourth-order valence-corrected chi connectivity index (χ4v) is 3.39. The monoisotopic (exact) mass is 313 g/mol. The highest BCUT2D eigenvalue weighted by Crippen LogP contribution is 2.31. The molecule has 21 heavy (non-hydrogen) atoms. The van der Waals surface area contributed by atoms with Crippen molar-refractivity contribution in [3.8, 4) is 0 Å². The first kappa shape index (κ1) is 16.1. The molecule has 0 amide bonds. The number of nitrogen functional groups attached to an aromatic ring is 1. The van der Waals surface area contributed by atoms with Gasteiger partial charge in [0.15, 0.2) is 0 Å². The molecule has 0 spiro atoms. The number of hydrogen-bond acceptors (Lipinski definition) is 5. The third-order valence-electron chi connectivity index (χ3n) is 4.11. The summed E-state index contributed by atoms with van der Waals surface area (Å²) in [5, 5.41) is 0. The highest BCUT2D eigenvalue weighted by atomic mass is 32.2. The lowest BCUT2D eigenvalue weighted by molar-refractivity contribution is 0.0498. The molecule has 118 valence electrons.